The van der Waals surface area contributed by atoms with Gasteiger partial charge in [0.2, 0.25) is 0 Å². The molecule has 0 saturated carbocycles. The van der Waals surface area contributed by atoms with Crippen molar-refractivity contribution in [3.63, 3.8) is 0 Å². The molecule has 112 valence electrons. The number of phenols is 1. The predicted octanol–water partition coefficient (Wildman–Crippen LogP) is 3.07. The highest BCUT2D eigenvalue weighted by molar-refractivity contribution is 5.57. The maximum absolute atomic E-state index is 9.82. The molecule has 1 aromatic carbocycles. The normalized spacial score (nSPS) is 15.1. The second-order valence-electron chi connectivity index (χ2n) is 5.02. The number of rotatable bonds is 3. The SMILES string of the molecule is CCOc1cc(C2C(C#N)=C(C)NC(C)=C2C#N)ccc1O. The lowest BCUT2D eigenvalue weighted by atomic mass is 9.81. The number of hydrogen-bond donors (Lipinski definition) is 2. The molecule has 0 bridgehead atoms. The third-order valence-electron chi connectivity index (χ3n) is 3.62. The van der Waals surface area contributed by atoms with Gasteiger partial charge < -0.3 is 15.2 Å². The van der Waals surface area contributed by atoms with Crippen LogP contribution in [0.4, 0.5) is 0 Å². The first-order chi connectivity index (χ1) is 10.5. The first-order valence-corrected chi connectivity index (χ1v) is 6.97. The van der Waals surface area contributed by atoms with E-state index in [0.717, 1.165) is 17.0 Å². The minimum atomic E-state index is -0.448. The standard InChI is InChI=1S/C17H17N3O2/c1-4-22-16-7-12(5-6-15(16)21)17-13(8-18)10(2)20-11(3)14(17)9-19/h5-7,17,20-21H,4H2,1-3H3. The fraction of sp³-hybridized carbons (Fsp3) is 0.294. The van der Waals surface area contributed by atoms with Gasteiger partial charge in [0.25, 0.3) is 0 Å². The quantitative estimate of drug-likeness (QED) is 0.894. The average molecular weight is 295 g/mol. The van der Waals surface area contributed by atoms with Crippen LogP contribution in [-0.2, 0) is 0 Å². The van der Waals surface area contributed by atoms with E-state index in [1.165, 1.54) is 6.07 Å². The Bertz CT molecular complexity index is 712. The van der Waals surface area contributed by atoms with Crippen LogP contribution in [0.2, 0.25) is 0 Å². The fourth-order valence-electron chi connectivity index (χ4n) is 2.60. The highest BCUT2D eigenvalue weighted by Gasteiger charge is 2.29. The summed E-state index contributed by atoms with van der Waals surface area (Å²) in [5.41, 5.74) is 3.20. The molecule has 0 radical (unpaired) electrons. The number of ether oxygens (including phenoxy) is 1. The Balaban J connectivity index is 2.61. The van der Waals surface area contributed by atoms with Gasteiger partial charge in [-0.3, -0.25) is 0 Å². The highest BCUT2D eigenvalue weighted by atomic mass is 16.5. The first-order valence-electron chi connectivity index (χ1n) is 6.97. The number of nitrogens with zero attached hydrogens (tertiary/aromatic N) is 2. The summed E-state index contributed by atoms with van der Waals surface area (Å²) in [7, 11) is 0. The molecule has 22 heavy (non-hydrogen) atoms. The Morgan fingerprint density at radius 1 is 1.18 bits per heavy atom. The number of dihydropyridines is 1. The molecule has 1 aliphatic heterocycles. The van der Waals surface area contributed by atoms with Crippen molar-refractivity contribution in [3.8, 4) is 23.6 Å². The van der Waals surface area contributed by atoms with Crippen LogP contribution in [0, 0.1) is 22.7 Å². The van der Waals surface area contributed by atoms with Crippen LogP contribution in [-0.4, -0.2) is 11.7 Å². The van der Waals surface area contributed by atoms with Gasteiger partial charge in [-0.1, -0.05) is 6.07 Å². The molecule has 1 heterocycles. The lowest BCUT2D eigenvalue weighted by Gasteiger charge is -2.26. The number of aromatic hydroxyl groups is 1. The van der Waals surface area contributed by atoms with E-state index in [9.17, 15) is 15.6 Å². The van der Waals surface area contributed by atoms with Gasteiger partial charge in [0.15, 0.2) is 11.5 Å². The van der Waals surface area contributed by atoms with Crippen molar-refractivity contribution in [2.24, 2.45) is 0 Å². The molecule has 0 fully saturated rings. The van der Waals surface area contributed by atoms with Gasteiger partial charge in [-0.25, -0.2) is 0 Å². The van der Waals surface area contributed by atoms with Gasteiger partial charge in [-0.2, -0.15) is 10.5 Å². The molecule has 1 aliphatic rings. The van der Waals surface area contributed by atoms with Gasteiger partial charge in [0.05, 0.1) is 35.8 Å². The first kappa shape index (κ1) is 15.5. The van der Waals surface area contributed by atoms with Crippen molar-refractivity contribution < 1.29 is 9.84 Å². The molecule has 5 heteroatoms. The van der Waals surface area contributed by atoms with Gasteiger partial charge in [-0.15, -0.1) is 0 Å². The Kier molecular flexibility index (Phi) is 4.39. The maximum atomic E-state index is 9.82. The van der Waals surface area contributed by atoms with Gasteiger partial charge in [-0.05, 0) is 38.5 Å². The number of hydrogen-bond acceptors (Lipinski definition) is 5. The molecule has 0 aliphatic carbocycles. The summed E-state index contributed by atoms with van der Waals surface area (Å²) >= 11 is 0. The van der Waals surface area contributed by atoms with E-state index in [-0.39, 0.29) is 5.75 Å². The van der Waals surface area contributed by atoms with Crippen molar-refractivity contribution in [2.45, 2.75) is 26.7 Å². The van der Waals surface area contributed by atoms with Crippen LogP contribution in [0.25, 0.3) is 0 Å². The van der Waals surface area contributed by atoms with Crippen molar-refractivity contribution in [3.05, 3.63) is 46.3 Å². The Hall–Kier alpha value is -2.92. The van der Waals surface area contributed by atoms with Crippen LogP contribution < -0.4 is 10.1 Å². The van der Waals surface area contributed by atoms with E-state index in [1.54, 1.807) is 12.1 Å². The zero-order valence-electron chi connectivity index (χ0n) is 12.8. The molecule has 5 nitrogen and oxygen atoms in total. The second kappa shape index (κ2) is 6.24. The molecule has 2 rings (SSSR count). The number of allylic oxidation sites excluding steroid dienone is 4. The molecule has 0 saturated heterocycles. The van der Waals surface area contributed by atoms with E-state index in [2.05, 4.69) is 17.5 Å². The number of benzene rings is 1. The number of phenolic OH excluding ortho intramolecular Hbond substituents is 1. The highest BCUT2D eigenvalue weighted by Crippen LogP contribution is 2.40. The molecule has 0 unspecified atom stereocenters. The van der Waals surface area contributed by atoms with Crippen molar-refractivity contribution >= 4 is 0 Å². The molecular weight excluding hydrogens is 278 g/mol. The average Bonchev–Trinajstić information content (AvgIpc) is 2.49. The van der Waals surface area contributed by atoms with Crippen molar-refractivity contribution in [1.82, 2.24) is 5.32 Å². The van der Waals surface area contributed by atoms with Crippen LogP contribution in [0.15, 0.2) is 40.7 Å². The Labute approximate surface area is 129 Å². The van der Waals surface area contributed by atoms with Crippen molar-refractivity contribution in [2.75, 3.05) is 6.61 Å². The monoisotopic (exact) mass is 295 g/mol. The predicted molar refractivity (Wildman–Crippen MR) is 81.8 cm³/mol. The number of nitriles is 2. The van der Waals surface area contributed by atoms with Crippen molar-refractivity contribution in [1.29, 1.82) is 10.5 Å². The van der Waals surface area contributed by atoms with E-state index >= 15 is 0 Å². The van der Waals surface area contributed by atoms with Gasteiger partial charge in [0, 0.05) is 11.4 Å². The Morgan fingerprint density at radius 3 is 2.27 bits per heavy atom. The smallest absolute Gasteiger partial charge is 0.161 e. The van der Waals surface area contributed by atoms with Gasteiger partial charge in [0.1, 0.15) is 0 Å². The molecule has 0 amide bonds. The summed E-state index contributed by atoms with van der Waals surface area (Å²) in [5, 5.41) is 31.8. The summed E-state index contributed by atoms with van der Waals surface area (Å²) in [5.74, 6) is -0.0579. The lowest BCUT2D eigenvalue weighted by molar-refractivity contribution is 0.317. The maximum Gasteiger partial charge on any atom is 0.161 e. The van der Waals surface area contributed by atoms with Crippen LogP contribution in [0.5, 0.6) is 11.5 Å². The number of nitrogens with one attached hydrogen (secondary N) is 1. The van der Waals surface area contributed by atoms with E-state index < -0.39 is 5.92 Å². The zero-order chi connectivity index (χ0) is 16.3. The summed E-state index contributed by atoms with van der Waals surface area (Å²) in [6.45, 7) is 5.87. The van der Waals surface area contributed by atoms with Gasteiger partial charge >= 0.3 is 0 Å². The second-order valence-corrected chi connectivity index (χ2v) is 5.02. The third-order valence-corrected chi connectivity index (χ3v) is 3.62. The molecule has 0 atom stereocenters. The minimum absolute atomic E-state index is 0.0398. The van der Waals surface area contributed by atoms with Crippen LogP contribution >= 0.6 is 0 Å². The Morgan fingerprint density at radius 2 is 1.77 bits per heavy atom. The van der Waals surface area contributed by atoms with E-state index in [4.69, 9.17) is 4.74 Å². The van der Waals surface area contributed by atoms with E-state index in [0.29, 0.717) is 23.5 Å². The summed E-state index contributed by atoms with van der Waals surface area (Å²) in [6, 6.07) is 9.28. The molecule has 0 aromatic heterocycles. The summed E-state index contributed by atoms with van der Waals surface area (Å²) in [4.78, 5) is 0. The topological polar surface area (TPSA) is 89.1 Å². The fourth-order valence-corrected chi connectivity index (χ4v) is 2.60. The summed E-state index contributed by atoms with van der Waals surface area (Å²) in [6.07, 6.45) is 0. The molecular formula is C17H17N3O2. The summed E-state index contributed by atoms with van der Waals surface area (Å²) < 4.78 is 5.40. The minimum Gasteiger partial charge on any atom is -0.504 e. The molecule has 2 N–H and O–H groups in total. The van der Waals surface area contributed by atoms with Crippen LogP contribution in [0.1, 0.15) is 32.3 Å². The molecule has 1 aromatic rings. The van der Waals surface area contributed by atoms with E-state index in [1.807, 2.05) is 20.8 Å². The van der Waals surface area contributed by atoms with Crippen LogP contribution in [0.3, 0.4) is 0 Å². The third kappa shape index (κ3) is 2.62. The largest absolute Gasteiger partial charge is 0.504 e. The molecule has 0 spiro atoms. The lowest BCUT2D eigenvalue weighted by Crippen LogP contribution is -2.23. The zero-order valence-corrected chi connectivity index (χ0v) is 12.8.